The Labute approximate surface area is 242 Å². The van der Waals surface area contributed by atoms with E-state index in [2.05, 4.69) is 20.9 Å². The van der Waals surface area contributed by atoms with Crippen molar-refractivity contribution in [2.24, 2.45) is 0 Å². The molecule has 0 aliphatic carbocycles. The largest absolute Gasteiger partial charge is 0.486 e. The van der Waals surface area contributed by atoms with Gasteiger partial charge in [0.2, 0.25) is 5.91 Å². The predicted octanol–water partition coefficient (Wildman–Crippen LogP) is 1.68. The van der Waals surface area contributed by atoms with Gasteiger partial charge in [0, 0.05) is 55.3 Å². The van der Waals surface area contributed by atoms with E-state index in [1.165, 1.54) is 6.92 Å². The van der Waals surface area contributed by atoms with Crippen molar-refractivity contribution in [3.63, 3.8) is 0 Å². The van der Waals surface area contributed by atoms with Crippen molar-refractivity contribution in [1.29, 1.82) is 0 Å². The quantitative estimate of drug-likeness (QED) is 0.362. The van der Waals surface area contributed by atoms with Gasteiger partial charge in [-0.2, -0.15) is 0 Å². The number of hydrogen-bond donors (Lipinski definition) is 3. The van der Waals surface area contributed by atoms with Crippen LogP contribution in [-0.4, -0.2) is 82.7 Å². The summed E-state index contributed by atoms with van der Waals surface area (Å²) in [6.45, 7) is 5.97. The van der Waals surface area contributed by atoms with E-state index in [-0.39, 0.29) is 31.6 Å². The molecule has 1 aromatic heterocycles. The fourth-order valence-electron chi connectivity index (χ4n) is 5.45. The predicted molar refractivity (Wildman–Crippen MR) is 153 cm³/mol. The summed E-state index contributed by atoms with van der Waals surface area (Å²) in [6, 6.07) is 15.5. The van der Waals surface area contributed by atoms with Gasteiger partial charge in [-0.1, -0.05) is 18.2 Å². The molecule has 12 nitrogen and oxygen atoms in total. The van der Waals surface area contributed by atoms with E-state index in [1.807, 2.05) is 44.2 Å². The highest BCUT2D eigenvalue weighted by atomic mass is 16.5. The van der Waals surface area contributed by atoms with Crippen molar-refractivity contribution in [1.82, 2.24) is 30.7 Å². The number of pyridine rings is 1. The van der Waals surface area contributed by atoms with Crippen LogP contribution in [-0.2, 0) is 14.4 Å². The zero-order chi connectivity index (χ0) is 30.0. The van der Waals surface area contributed by atoms with E-state index in [0.717, 1.165) is 22.2 Å². The first kappa shape index (κ1) is 28.7. The molecule has 1 unspecified atom stereocenters. The van der Waals surface area contributed by atoms with Crippen LogP contribution in [0.2, 0.25) is 0 Å². The lowest BCUT2D eigenvalue weighted by molar-refractivity contribution is -0.149. The Balaban J connectivity index is 1.28. The zero-order valence-corrected chi connectivity index (χ0v) is 23.6. The highest BCUT2D eigenvalue weighted by Crippen LogP contribution is 2.28. The summed E-state index contributed by atoms with van der Waals surface area (Å²) in [5, 5.41) is 7.98. The molecule has 2 aromatic carbocycles. The summed E-state index contributed by atoms with van der Waals surface area (Å²) >= 11 is 0. The SMILES string of the molecule is CC(=O)N1CCN(C2(CNC(=O)c3ccc(OC(C)c4cc(C)nc5ccccc45)cc3)C(=O)NC(=O)NC2=O)CC1. The van der Waals surface area contributed by atoms with Crippen LogP contribution >= 0.6 is 0 Å². The Morgan fingerprint density at radius 1 is 1.00 bits per heavy atom. The number of carbonyl (C=O) groups is 5. The number of para-hydroxylation sites is 1. The Hall–Kier alpha value is -4.84. The van der Waals surface area contributed by atoms with Crippen LogP contribution in [0, 0.1) is 6.92 Å². The molecule has 3 heterocycles. The van der Waals surface area contributed by atoms with Gasteiger partial charge in [-0.25, -0.2) is 4.79 Å². The highest BCUT2D eigenvalue weighted by Gasteiger charge is 2.55. The molecule has 3 aromatic rings. The standard InChI is InChI=1S/C30H32N6O6/c1-18-16-24(23-6-4-5-7-25(23)32-18)19(2)42-22-10-8-21(9-11-22)26(38)31-17-30(27(39)33-29(41)34-28(30)40)36-14-12-35(13-15-36)20(3)37/h4-11,16,19H,12-15,17H2,1-3H3,(H,31,38)(H2,33,34,39,40,41). The van der Waals surface area contributed by atoms with Crippen LogP contribution in [0.5, 0.6) is 5.75 Å². The van der Waals surface area contributed by atoms with Crippen molar-refractivity contribution >= 4 is 40.6 Å². The van der Waals surface area contributed by atoms with Gasteiger partial charge < -0.3 is 15.0 Å². The molecule has 2 saturated heterocycles. The fourth-order valence-corrected chi connectivity index (χ4v) is 5.45. The fraction of sp³-hybridized carbons (Fsp3) is 0.333. The first-order valence-electron chi connectivity index (χ1n) is 13.7. The molecule has 5 rings (SSSR count). The first-order valence-corrected chi connectivity index (χ1v) is 13.7. The number of rotatable bonds is 7. The molecule has 1 atom stereocenters. The number of imide groups is 2. The second-order valence-electron chi connectivity index (χ2n) is 10.4. The number of piperazine rings is 1. The number of aromatic nitrogens is 1. The Kier molecular flexibility index (Phi) is 7.90. The highest BCUT2D eigenvalue weighted by molar-refractivity contribution is 6.23. The van der Waals surface area contributed by atoms with Crippen LogP contribution in [0.4, 0.5) is 4.79 Å². The lowest BCUT2D eigenvalue weighted by Crippen LogP contribution is -2.78. The van der Waals surface area contributed by atoms with E-state index >= 15 is 0 Å². The van der Waals surface area contributed by atoms with Crippen molar-refractivity contribution in [3.05, 3.63) is 71.4 Å². The molecule has 2 aliphatic heterocycles. The normalized spacial score (nSPS) is 17.8. The topological polar surface area (TPSA) is 150 Å². The number of aryl methyl sites for hydroxylation is 1. The lowest BCUT2D eigenvalue weighted by atomic mass is 9.91. The average molecular weight is 573 g/mol. The Bertz CT molecular complexity index is 1540. The molecule has 0 spiro atoms. The van der Waals surface area contributed by atoms with Gasteiger partial charge in [0.15, 0.2) is 5.54 Å². The third-order valence-electron chi connectivity index (χ3n) is 7.72. The Morgan fingerprint density at radius 2 is 1.64 bits per heavy atom. The second kappa shape index (κ2) is 11.6. The van der Waals surface area contributed by atoms with Crippen molar-refractivity contribution in [2.75, 3.05) is 32.7 Å². The maximum atomic E-state index is 13.1. The number of nitrogens with one attached hydrogen (secondary N) is 3. The van der Waals surface area contributed by atoms with Crippen LogP contribution in [0.3, 0.4) is 0 Å². The molecule has 0 radical (unpaired) electrons. The molecular formula is C30H32N6O6. The average Bonchev–Trinajstić information content (AvgIpc) is 2.96. The molecule has 0 bridgehead atoms. The molecule has 2 fully saturated rings. The number of amides is 6. The minimum Gasteiger partial charge on any atom is -0.486 e. The van der Waals surface area contributed by atoms with E-state index in [1.54, 1.807) is 34.1 Å². The minimum absolute atomic E-state index is 0.115. The van der Waals surface area contributed by atoms with Gasteiger partial charge >= 0.3 is 6.03 Å². The van der Waals surface area contributed by atoms with E-state index in [9.17, 15) is 24.0 Å². The van der Waals surface area contributed by atoms with Gasteiger partial charge in [-0.15, -0.1) is 0 Å². The molecule has 0 saturated carbocycles. The number of barbiturate groups is 1. The molecule has 6 amide bonds. The van der Waals surface area contributed by atoms with E-state index in [4.69, 9.17) is 4.74 Å². The number of ether oxygens (including phenoxy) is 1. The van der Waals surface area contributed by atoms with Crippen molar-refractivity contribution in [2.45, 2.75) is 32.4 Å². The molecule has 218 valence electrons. The van der Waals surface area contributed by atoms with Crippen molar-refractivity contribution < 1.29 is 28.7 Å². The van der Waals surface area contributed by atoms with Gasteiger partial charge in [0.05, 0.1) is 12.1 Å². The second-order valence-corrected chi connectivity index (χ2v) is 10.4. The molecule has 42 heavy (non-hydrogen) atoms. The molecule has 2 aliphatic rings. The lowest BCUT2D eigenvalue weighted by Gasteiger charge is -2.46. The van der Waals surface area contributed by atoms with Gasteiger partial charge in [0.25, 0.3) is 17.7 Å². The summed E-state index contributed by atoms with van der Waals surface area (Å²) < 4.78 is 6.18. The van der Waals surface area contributed by atoms with Crippen LogP contribution in [0.15, 0.2) is 54.6 Å². The zero-order valence-electron chi connectivity index (χ0n) is 23.6. The number of benzene rings is 2. The van der Waals surface area contributed by atoms with Crippen LogP contribution in [0.1, 0.15) is 41.6 Å². The third-order valence-corrected chi connectivity index (χ3v) is 7.72. The maximum Gasteiger partial charge on any atom is 0.328 e. The van der Waals surface area contributed by atoms with Crippen LogP contribution < -0.4 is 20.7 Å². The van der Waals surface area contributed by atoms with Crippen LogP contribution in [0.25, 0.3) is 10.9 Å². The monoisotopic (exact) mass is 572 g/mol. The third kappa shape index (κ3) is 5.53. The number of fused-ring (bicyclic) bond motifs is 1. The summed E-state index contributed by atoms with van der Waals surface area (Å²) in [5.41, 5.74) is 1.21. The summed E-state index contributed by atoms with van der Waals surface area (Å²) in [6.07, 6.45) is -0.286. The number of hydrogen-bond acceptors (Lipinski definition) is 8. The summed E-state index contributed by atoms with van der Waals surface area (Å²) in [5.74, 6) is -1.73. The minimum atomic E-state index is -1.85. The van der Waals surface area contributed by atoms with Gasteiger partial charge in [-0.3, -0.25) is 39.7 Å². The molecule has 12 heteroatoms. The van der Waals surface area contributed by atoms with Gasteiger partial charge in [-0.05, 0) is 50.2 Å². The number of carbonyl (C=O) groups excluding carboxylic acids is 5. The molecule has 3 N–H and O–H groups in total. The smallest absolute Gasteiger partial charge is 0.328 e. The van der Waals surface area contributed by atoms with E-state index in [0.29, 0.717) is 24.4 Å². The maximum absolute atomic E-state index is 13.1. The first-order chi connectivity index (χ1) is 20.1. The number of urea groups is 1. The number of nitrogens with zero attached hydrogens (tertiary/aromatic N) is 3. The summed E-state index contributed by atoms with van der Waals surface area (Å²) in [7, 11) is 0. The Morgan fingerprint density at radius 3 is 2.29 bits per heavy atom. The van der Waals surface area contributed by atoms with Crippen molar-refractivity contribution in [3.8, 4) is 5.75 Å². The molecular weight excluding hydrogens is 540 g/mol. The van der Waals surface area contributed by atoms with Gasteiger partial charge in [0.1, 0.15) is 11.9 Å². The van der Waals surface area contributed by atoms with E-state index < -0.39 is 29.3 Å². The summed E-state index contributed by atoms with van der Waals surface area (Å²) in [4.78, 5) is 70.6.